The Morgan fingerprint density at radius 1 is 0.289 bits per heavy atom. The number of rotatable bonds is 32. The van der Waals surface area contributed by atoms with Crippen molar-refractivity contribution in [2.75, 3.05) is 20.1 Å². The first-order chi connectivity index (χ1) is 18.5. The van der Waals surface area contributed by atoms with Crippen molar-refractivity contribution in [3.63, 3.8) is 0 Å². The highest BCUT2D eigenvalue weighted by atomic mass is 15.1. The molecule has 0 heterocycles. The summed E-state index contributed by atoms with van der Waals surface area (Å²) in [5.41, 5.74) is 0. The van der Waals surface area contributed by atoms with Crippen LogP contribution in [0.3, 0.4) is 0 Å². The summed E-state index contributed by atoms with van der Waals surface area (Å²) < 4.78 is 0. The maximum Gasteiger partial charge on any atom is 0.122 e. The van der Waals surface area contributed by atoms with Crippen LogP contribution in [-0.2, 0) is 0 Å². The maximum absolute atomic E-state index is 2.59. The van der Waals surface area contributed by atoms with Crippen molar-refractivity contribution in [2.24, 2.45) is 11.8 Å². The van der Waals surface area contributed by atoms with E-state index in [2.05, 4.69) is 39.6 Å². The van der Waals surface area contributed by atoms with Crippen LogP contribution in [0.1, 0.15) is 207 Å². The van der Waals surface area contributed by atoms with E-state index in [1.807, 2.05) is 0 Å². The van der Waals surface area contributed by atoms with Gasteiger partial charge < -0.3 is 0 Å². The van der Waals surface area contributed by atoms with E-state index >= 15 is 0 Å². The molecule has 1 radical (unpaired) electrons. The Morgan fingerprint density at radius 2 is 0.474 bits per heavy atom. The highest BCUT2D eigenvalue weighted by Crippen LogP contribution is 2.16. The normalized spacial score (nSPS) is 12.0. The predicted molar refractivity (Wildman–Crippen MR) is 177 cm³/mol. The van der Waals surface area contributed by atoms with Gasteiger partial charge in [-0.25, -0.2) is 0 Å². The second-order valence-electron chi connectivity index (χ2n) is 13.9. The van der Waals surface area contributed by atoms with Crippen molar-refractivity contribution in [3.05, 3.63) is 0 Å². The molecule has 0 amide bonds. The van der Waals surface area contributed by atoms with E-state index in [0.29, 0.717) is 0 Å². The Balaban J connectivity index is 3.15. The molecule has 0 aliphatic rings. The molecule has 1 nitrogen and oxygen atoms in total. The minimum Gasteiger partial charge on any atom is -0.173 e. The Hall–Kier alpha value is -0.0400. The van der Waals surface area contributed by atoms with Gasteiger partial charge in [0, 0.05) is 12.8 Å². The second kappa shape index (κ2) is 31.5. The fraction of sp³-hybridized carbons (Fsp3) is 1.00. The molecular formula is C37H77N+. The topological polar surface area (TPSA) is 5.90 Å². The van der Waals surface area contributed by atoms with Crippen LogP contribution < -0.4 is 4.90 Å². The molecule has 229 valence electrons. The standard InChI is InChI=1S/C37H77N/c1-36(2)32-28-24-20-16-12-8-6-10-14-18-22-26-30-34-38(5)35-31-27-23-19-15-11-7-9-13-17-21-25-29-33-37(3)4/h36-37H,6-35H2,1-5H3/q+1. The van der Waals surface area contributed by atoms with Gasteiger partial charge in [-0.2, -0.15) is 4.90 Å². The fourth-order valence-electron chi connectivity index (χ4n) is 5.87. The van der Waals surface area contributed by atoms with Gasteiger partial charge in [0.15, 0.2) is 0 Å². The van der Waals surface area contributed by atoms with Crippen LogP contribution in [-0.4, -0.2) is 20.1 Å². The summed E-state index contributed by atoms with van der Waals surface area (Å²) in [7, 11) is 2.34. The predicted octanol–water partition coefficient (Wildman–Crippen LogP) is 13.0. The van der Waals surface area contributed by atoms with Crippen LogP contribution in [0.4, 0.5) is 0 Å². The zero-order chi connectivity index (χ0) is 27.9. The van der Waals surface area contributed by atoms with Crippen LogP contribution in [0.5, 0.6) is 0 Å². The van der Waals surface area contributed by atoms with E-state index in [9.17, 15) is 0 Å². The molecule has 0 aliphatic carbocycles. The molecule has 0 bridgehead atoms. The number of hydrogen-bond acceptors (Lipinski definition) is 1. The lowest BCUT2D eigenvalue weighted by molar-refractivity contribution is 0.428. The summed E-state index contributed by atoms with van der Waals surface area (Å²) in [6.07, 6.45) is 40.9. The Morgan fingerprint density at radius 3 is 0.684 bits per heavy atom. The minimum absolute atomic E-state index is 0.893. The first-order valence-electron chi connectivity index (χ1n) is 18.2. The highest BCUT2D eigenvalue weighted by Gasteiger charge is 2.06. The molecule has 0 aromatic carbocycles. The van der Waals surface area contributed by atoms with Gasteiger partial charge in [-0.3, -0.25) is 0 Å². The monoisotopic (exact) mass is 536 g/mol. The van der Waals surface area contributed by atoms with Crippen molar-refractivity contribution in [2.45, 2.75) is 207 Å². The lowest BCUT2D eigenvalue weighted by atomic mass is 10.0. The molecule has 0 saturated heterocycles. The first kappa shape index (κ1) is 38.0. The van der Waals surface area contributed by atoms with Crippen molar-refractivity contribution >= 4 is 0 Å². The lowest BCUT2D eigenvalue weighted by Gasteiger charge is -2.08. The molecule has 0 N–H and O–H groups in total. The van der Waals surface area contributed by atoms with Gasteiger partial charge in [-0.1, -0.05) is 182 Å². The summed E-state index contributed by atoms with van der Waals surface area (Å²) in [5.74, 6) is 1.79. The van der Waals surface area contributed by atoms with Crippen LogP contribution in [0.2, 0.25) is 0 Å². The number of unbranched alkanes of at least 4 members (excludes halogenated alkanes) is 24. The van der Waals surface area contributed by atoms with E-state index in [4.69, 9.17) is 0 Å². The molecule has 0 spiro atoms. The fourth-order valence-corrected chi connectivity index (χ4v) is 5.87. The van der Waals surface area contributed by atoms with Gasteiger partial charge in [-0.05, 0) is 24.7 Å². The average Bonchev–Trinajstić information content (AvgIpc) is 2.88. The van der Waals surface area contributed by atoms with Crippen molar-refractivity contribution in [1.82, 2.24) is 4.90 Å². The van der Waals surface area contributed by atoms with Gasteiger partial charge >= 0.3 is 0 Å². The SMILES string of the molecule is CC(C)CCCCCCCCCCCCCCC[N+](C)CCCCCCCCCCCCCCCC(C)C. The van der Waals surface area contributed by atoms with Gasteiger partial charge in [0.2, 0.25) is 0 Å². The van der Waals surface area contributed by atoms with E-state index in [1.165, 1.54) is 193 Å². The second-order valence-corrected chi connectivity index (χ2v) is 13.9. The van der Waals surface area contributed by atoms with Crippen molar-refractivity contribution in [1.29, 1.82) is 0 Å². The number of hydrogen-bond donors (Lipinski definition) is 0. The van der Waals surface area contributed by atoms with Gasteiger partial charge in [0.1, 0.15) is 20.1 Å². The molecule has 0 saturated carbocycles. The van der Waals surface area contributed by atoms with Crippen molar-refractivity contribution in [3.8, 4) is 0 Å². The highest BCUT2D eigenvalue weighted by molar-refractivity contribution is 4.59. The van der Waals surface area contributed by atoms with Crippen LogP contribution in [0, 0.1) is 11.8 Å². The maximum atomic E-state index is 2.59. The Kier molecular flexibility index (Phi) is 31.5. The zero-order valence-corrected chi connectivity index (χ0v) is 27.8. The third kappa shape index (κ3) is 34.0. The van der Waals surface area contributed by atoms with Gasteiger partial charge in [0.05, 0.1) is 0 Å². The third-order valence-electron chi connectivity index (χ3n) is 8.64. The van der Waals surface area contributed by atoms with Crippen LogP contribution in [0.15, 0.2) is 0 Å². The molecular weight excluding hydrogens is 458 g/mol. The molecule has 0 aliphatic heterocycles. The summed E-state index contributed by atoms with van der Waals surface area (Å²) in [6, 6.07) is 0. The smallest absolute Gasteiger partial charge is 0.122 e. The van der Waals surface area contributed by atoms with Gasteiger partial charge in [-0.15, -0.1) is 0 Å². The number of nitrogens with zero attached hydrogens (tertiary/aromatic N) is 1. The van der Waals surface area contributed by atoms with E-state index < -0.39 is 0 Å². The molecule has 0 atom stereocenters. The minimum atomic E-state index is 0.893. The van der Waals surface area contributed by atoms with E-state index in [-0.39, 0.29) is 0 Å². The molecule has 0 rings (SSSR count). The summed E-state index contributed by atoms with van der Waals surface area (Å²) in [6.45, 7) is 12.0. The summed E-state index contributed by atoms with van der Waals surface area (Å²) in [4.78, 5) is 2.59. The van der Waals surface area contributed by atoms with E-state index in [0.717, 1.165) is 11.8 Å². The lowest BCUT2D eigenvalue weighted by Crippen LogP contribution is -2.27. The molecule has 1 heteroatoms. The summed E-state index contributed by atoms with van der Waals surface area (Å²) >= 11 is 0. The quantitative estimate of drug-likeness (QED) is 0.0596. The summed E-state index contributed by atoms with van der Waals surface area (Å²) in [5, 5.41) is 0. The molecule has 38 heavy (non-hydrogen) atoms. The average molecular weight is 536 g/mol. The zero-order valence-electron chi connectivity index (χ0n) is 27.8. The Bertz CT molecular complexity index is 377. The van der Waals surface area contributed by atoms with Crippen LogP contribution in [0.25, 0.3) is 0 Å². The molecule has 0 aromatic rings. The molecule has 0 fully saturated rings. The van der Waals surface area contributed by atoms with Crippen molar-refractivity contribution < 1.29 is 0 Å². The molecule has 0 unspecified atom stereocenters. The first-order valence-corrected chi connectivity index (χ1v) is 18.2. The Labute approximate surface area is 244 Å². The van der Waals surface area contributed by atoms with Crippen LogP contribution >= 0.6 is 0 Å². The van der Waals surface area contributed by atoms with Gasteiger partial charge in [0.25, 0.3) is 0 Å². The third-order valence-corrected chi connectivity index (χ3v) is 8.64. The largest absolute Gasteiger partial charge is 0.173 e. The van der Waals surface area contributed by atoms with E-state index in [1.54, 1.807) is 0 Å². The molecule has 0 aromatic heterocycles.